The van der Waals surface area contributed by atoms with Gasteiger partial charge in [-0.05, 0) is 11.1 Å². The van der Waals surface area contributed by atoms with Crippen molar-refractivity contribution in [3.63, 3.8) is 0 Å². The van der Waals surface area contributed by atoms with Crippen LogP contribution in [0.2, 0.25) is 0 Å². The van der Waals surface area contributed by atoms with Crippen LogP contribution in [-0.4, -0.2) is 4.92 Å². The van der Waals surface area contributed by atoms with E-state index in [2.05, 4.69) is 10.0 Å². The van der Waals surface area contributed by atoms with Gasteiger partial charge in [-0.3, -0.25) is 10.1 Å². The zero-order valence-corrected chi connectivity index (χ0v) is 7.12. The quantitative estimate of drug-likeness (QED) is 0.260. The molecule has 1 aromatic rings. The molecule has 0 aliphatic carbocycles. The minimum atomic E-state index is -0.559. The smallest absolute Gasteiger partial charge is 0.269 e. The van der Waals surface area contributed by atoms with Crippen molar-refractivity contribution in [2.45, 2.75) is 6.54 Å². The Morgan fingerprint density at radius 3 is 2.86 bits per heavy atom. The highest BCUT2D eigenvalue weighted by Gasteiger charge is 2.08. The summed E-state index contributed by atoms with van der Waals surface area (Å²) < 4.78 is 0. The Hall–Kier alpha value is -2.11. The Bertz CT molecular complexity index is 411. The Labute approximate surface area is 78.9 Å². The van der Waals surface area contributed by atoms with Crippen molar-refractivity contribution < 1.29 is 4.92 Å². The largest absolute Gasteiger partial charge is 0.326 e. The Balaban J connectivity index is 3.27. The van der Waals surface area contributed by atoms with Gasteiger partial charge in [-0.15, -0.1) is 0 Å². The van der Waals surface area contributed by atoms with Gasteiger partial charge in [-0.1, -0.05) is 11.2 Å². The van der Waals surface area contributed by atoms with Gasteiger partial charge in [0.1, 0.15) is 0 Å². The first-order chi connectivity index (χ1) is 6.69. The van der Waals surface area contributed by atoms with Crippen molar-refractivity contribution in [1.82, 2.24) is 0 Å². The predicted octanol–water partition coefficient (Wildman–Crippen LogP) is 2.00. The van der Waals surface area contributed by atoms with Crippen molar-refractivity contribution in [2.24, 2.45) is 10.8 Å². The molecule has 0 aliphatic heterocycles. The number of nitro benzene ring substituents is 1. The molecule has 0 fully saturated rings. The molecule has 0 saturated carbocycles. The van der Waals surface area contributed by atoms with E-state index in [4.69, 9.17) is 11.3 Å². The molecule has 14 heavy (non-hydrogen) atoms. The molecule has 0 atom stereocenters. The molecule has 0 aromatic heterocycles. The van der Waals surface area contributed by atoms with Gasteiger partial charge in [0.25, 0.3) is 5.69 Å². The lowest BCUT2D eigenvalue weighted by atomic mass is 10.1. The SMILES string of the molecule is [N-]=[N+]=Nc1cc([N+](=O)[O-])ccc1CN. The van der Waals surface area contributed by atoms with Gasteiger partial charge in [0.05, 0.1) is 4.92 Å². The molecule has 0 radical (unpaired) electrons. The molecule has 0 heterocycles. The number of hydrogen-bond acceptors (Lipinski definition) is 4. The summed E-state index contributed by atoms with van der Waals surface area (Å²) in [6, 6.07) is 3.99. The second-order valence-electron chi connectivity index (χ2n) is 2.46. The highest BCUT2D eigenvalue weighted by molar-refractivity contribution is 5.53. The fourth-order valence-corrected chi connectivity index (χ4v) is 0.980. The molecule has 7 nitrogen and oxygen atoms in total. The van der Waals surface area contributed by atoms with E-state index in [-0.39, 0.29) is 17.9 Å². The molecule has 2 N–H and O–H groups in total. The van der Waals surface area contributed by atoms with E-state index in [0.717, 1.165) is 0 Å². The standard InChI is InChI=1S/C7H7N5O2/c8-4-5-1-2-6(12(13)14)3-7(5)10-11-9/h1-3H,4,8H2. The zero-order chi connectivity index (χ0) is 10.6. The topological polar surface area (TPSA) is 118 Å². The number of rotatable bonds is 3. The van der Waals surface area contributed by atoms with Crippen molar-refractivity contribution in [3.05, 3.63) is 44.3 Å². The van der Waals surface area contributed by atoms with Crippen LogP contribution >= 0.6 is 0 Å². The second-order valence-corrected chi connectivity index (χ2v) is 2.46. The van der Waals surface area contributed by atoms with Gasteiger partial charge in [0, 0.05) is 29.3 Å². The minimum absolute atomic E-state index is 0.121. The summed E-state index contributed by atoms with van der Waals surface area (Å²) >= 11 is 0. The monoisotopic (exact) mass is 193 g/mol. The summed E-state index contributed by atoms with van der Waals surface area (Å²) in [6.45, 7) is 0.173. The molecule has 1 aromatic carbocycles. The minimum Gasteiger partial charge on any atom is -0.326 e. The van der Waals surface area contributed by atoms with Crippen molar-refractivity contribution in [3.8, 4) is 0 Å². The van der Waals surface area contributed by atoms with Gasteiger partial charge >= 0.3 is 0 Å². The van der Waals surface area contributed by atoms with Crippen LogP contribution in [0.5, 0.6) is 0 Å². The lowest BCUT2D eigenvalue weighted by molar-refractivity contribution is -0.384. The van der Waals surface area contributed by atoms with E-state index in [0.29, 0.717) is 5.56 Å². The third-order valence-corrected chi connectivity index (χ3v) is 1.65. The normalized spacial score (nSPS) is 9.21. The summed E-state index contributed by atoms with van der Waals surface area (Å²) in [4.78, 5) is 12.4. The number of nitrogens with two attached hydrogens (primary N) is 1. The number of non-ortho nitro benzene ring substituents is 1. The van der Waals surface area contributed by atoms with Crippen LogP contribution in [0.3, 0.4) is 0 Å². The predicted molar refractivity (Wildman–Crippen MR) is 49.8 cm³/mol. The third-order valence-electron chi connectivity index (χ3n) is 1.65. The number of hydrogen-bond donors (Lipinski definition) is 1. The first kappa shape index (κ1) is 9.97. The van der Waals surface area contributed by atoms with E-state index in [1.807, 2.05) is 0 Å². The molecule has 0 unspecified atom stereocenters. The van der Waals surface area contributed by atoms with Crippen molar-refractivity contribution in [1.29, 1.82) is 0 Å². The van der Waals surface area contributed by atoms with Crippen LogP contribution < -0.4 is 5.73 Å². The average Bonchev–Trinajstić information content (AvgIpc) is 2.18. The molecule has 7 heteroatoms. The average molecular weight is 193 g/mol. The van der Waals surface area contributed by atoms with Crippen LogP contribution in [0.15, 0.2) is 23.3 Å². The van der Waals surface area contributed by atoms with Crippen LogP contribution in [0.25, 0.3) is 10.4 Å². The first-order valence-corrected chi connectivity index (χ1v) is 3.71. The molecule has 1 rings (SSSR count). The highest BCUT2D eigenvalue weighted by atomic mass is 16.6. The van der Waals surface area contributed by atoms with E-state index < -0.39 is 4.92 Å². The fourth-order valence-electron chi connectivity index (χ4n) is 0.980. The van der Waals surface area contributed by atoms with Gasteiger partial charge < -0.3 is 5.73 Å². The Kier molecular flexibility index (Phi) is 3.01. The van der Waals surface area contributed by atoms with Crippen molar-refractivity contribution >= 4 is 11.4 Å². The van der Waals surface area contributed by atoms with Crippen molar-refractivity contribution in [2.75, 3.05) is 0 Å². The lowest BCUT2D eigenvalue weighted by Gasteiger charge is -2.00. The summed E-state index contributed by atoms with van der Waals surface area (Å²) in [7, 11) is 0. The maximum absolute atomic E-state index is 10.4. The van der Waals surface area contributed by atoms with E-state index >= 15 is 0 Å². The van der Waals surface area contributed by atoms with Gasteiger partial charge in [-0.25, -0.2) is 0 Å². The molecule has 0 bridgehead atoms. The van der Waals surface area contributed by atoms with E-state index in [1.165, 1.54) is 18.2 Å². The second kappa shape index (κ2) is 4.22. The highest BCUT2D eigenvalue weighted by Crippen LogP contribution is 2.24. The summed E-state index contributed by atoms with van der Waals surface area (Å²) in [5, 5.41) is 13.7. The van der Waals surface area contributed by atoms with Gasteiger partial charge in [-0.2, -0.15) is 0 Å². The number of nitro groups is 1. The summed E-state index contributed by atoms with van der Waals surface area (Å²) in [5.41, 5.74) is 14.2. The molecule has 0 saturated heterocycles. The van der Waals surface area contributed by atoms with E-state index in [1.54, 1.807) is 0 Å². The van der Waals surface area contributed by atoms with Crippen LogP contribution in [-0.2, 0) is 6.54 Å². The maximum Gasteiger partial charge on any atom is 0.269 e. The Morgan fingerprint density at radius 2 is 2.36 bits per heavy atom. The van der Waals surface area contributed by atoms with Gasteiger partial charge in [0.15, 0.2) is 0 Å². The molecule has 0 spiro atoms. The maximum atomic E-state index is 10.4. The number of azide groups is 1. The van der Waals surface area contributed by atoms with Crippen LogP contribution in [0.1, 0.15) is 5.56 Å². The number of nitrogens with zero attached hydrogens (tertiary/aromatic N) is 4. The summed E-state index contributed by atoms with van der Waals surface area (Å²) in [6.07, 6.45) is 0. The van der Waals surface area contributed by atoms with Gasteiger partial charge in [0.2, 0.25) is 0 Å². The first-order valence-electron chi connectivity index (χ1n) is 3.71. The molecule has 0 amide bonds. The fraction of sp³-hybridized carbons (Fsp3) is 0.143. The molecule has 72 valence electrons. The van der Waals surface area contributed by atoms with E-state index in [9.17, 15) is 10.1 Å². The molecule has 0 aliphatic rings. The van der Waals surface area contributed by atoms with Crippen LogP contribution in [0, 0.1) is 10.1 Å². The molecular formula is C7H7N5O2. The lowest BCUT2D eigenvalue weighted by Crippen LogP contribution is -1.97. The zero-order valence-electron chi connectivity index (χ0n) is 7.12. The summed E-state index contributed by atoms with van der Waals surface area (Å²) in [5.74, 6) is 0. The number of benzene rings is 1. The third kappa shape index (κ3) is 1.98. The molecular weight excluding hydrogens is 186 g/mol. The van der Waals surface area contributed by atoms with Crippen LogP contribution in [0.4, 0.5) is 11.4 Å². The Morgan fingerprint density at radius 1 is 1.64 bits per heavy atom.